The van der Waals surface area contributed by atoms with E-state index < -0.39 is 22.0 Å². The Kier molecular flexibility index (Phi) is 5.61. The van der Waals surface area contributed by atoms with Crippen LogP contribution in [0.2, 0.25) is 0 Å². The van der Waals surface area contributed by atoms with Crippen molar-refractivity contribution in [2.75, 3.05) is 0 Å². The Balaban J connectivity index is 1.49. The predicted molar refractivity (Wildman–Crippen MR) is 116 cm³/mol. The molecule has 1 aliphatic heterocycles. The summed E-state index contributed by atoms with van der Waals surface area (Å²) in [6.07, 6.45) is 1.47. The number of nitrogens with zero attached hydrogens (tertiary/aromatic N) is 2. The normalized spacial score (nSPS) is 14.9. The summed E-state index contributed by atoms with van der Waals surface area (Å²) < 4.78 is 5.72. The van der Waals surface area contributed by atoms with Gasteiger partial charge in [0.15, 0.2) is 0 Å². The molecule has 10 heteroatoms. The van der Waals surface area contributed by atoms with Gasteiger partial charge in [0.05, 0.1) is 21.9 Å². The first kappa shape index (κ1) is 21.1. The van der Waals surface area contributed by atoms with Crippen molar-refractivity contribution in [3.8, 4) is 11.3 Å². The predicted octanol–water partition coefficient (Wildman–Crippen LogP) is 4.79. The van der Waals surface area contributed by atoms with Crippen molar-refractivity contribution in [1.82, 2.24) is 4.90 Å². The summed E-state index contributed by atoms with van der Waals surface area (Å²) in [4.78, 5) is 47.5. The van der Waals surface area contributed by atoms with Crippen molar-refractivity contribution in [1.29, 1.82) is 0 Å². The fourth-order valence-corrected chi connectivity index (χ4v) is 3.85. The number of carboxylic acid groups (broad SMARTS) is 1. The van der Waals surface area contributed by atoms with Crippen LogP contribution in [0.4, 0.5) is 10.5 Å². The van der Waals surface area contributed by atoms with Crippen LogP contribution < -0.4 is 0 Å². The van der Waals surface area contributed by atoms with Crippen molar-refractivity contribution >= 4 is 40.6 Å². The molecule has 0 spiro atoms. The van der Waals surface area contributed by atoms with Gasteiger partial charge in [-0.2, -0.15) is 0 Å². The molecule has 160 valence electrons. The quantitative estimate of drug-likeness (QED) is 0.322. The Morgan fingerprint density at radius 1 is 1.06 bits per heavy atom. The molecule has 2 amide bonds. The number of carbonyl (C=O) groups is 3. The molecular weight excluding hydrogens is 436 g/mol. The number of carbonyl (C=O) groups excluding carboxylic acids is 2. The van der Waals surface area contributed by atoms with Crippen LogP contribution in [0.3, 0.4) is 0 Å². The van der Waals surface area contributed by atoms with Crippen molar-refractivity contribution < 1.29 is 28.8 Å². The van der Waals surface area contributed by atoms with Crippen LogP contribution >= 0.6 is 11.8 Å². The molecule has 1 saturated heterocycles. The number of non-ortho nitro benzene ring substituents is 1. The summed E-state index contributed by atoms with van der Waals surface area (Å²) in [7, 11) is 0. The smallest absolute Gasteiger partial charge is 0.335 e. The van der Waals surface area contributed by atoms with E-state index in [2.05, 4.69) is 0 Å². The minimum absolute atomic E-state index is 0.000663. The van der Waals surface area contributed by atoms with Gasteiger partial charge >= 0.3 is 5.97 Å². The van der Waals surface area contributed by atoms with E-state index in [-0.39, 0.29) is 22.7 Å². The van der Waals surface area contributed by atoms with Gasteiger partial charge in [-0.05, 0) is 41.6 Å². The third kappa shape index (κ3) is 4.30. The average Bonchev–Trinajstić information content (AvgIpc) is 3.34. The second-order valence-corrected chi connectivity index (χ2v) is 7.77. The molecule has 1 fully saturated rings. The Bertz CT molecular complexity index is 1260. The number of imide groups is 1. The zero-order chi connectivity index (χ0) is 22.8. The number of hydrogen-bond donors (Lipinski definition) is 1. The van der Waals surface area contributed by atoms with Crippen LogP contribution in [0, 0.1) is 10.1 Å². The van der Waals surface area contributed by atoms with Gasteiger partial charge in [0.25, 0.3) is 16.8 Å². The molecule has 3 aromatic rings. The molecule has 32 heavy (non-hydrogen) atoms. The number of thioether (sulfide) groups is 1. The lowest BCUT2D eigenvalue weighted by Gasteiger charge is -2.12. The lowest BCUT2D eigenvalue weighted by Crippen LogP contribution is -2.27. The number of rotatable bonds is 6. The van der Waals surface area contributed by atoms with E-state index in [4.69, 9.17) is 9.52 Å². The molecule has 0 bridgehead atoms. The highest BCUT2D eigenvalue weighted by atomic mass is 32.2. The molecule has 2 heterocycles. The summed E-state index contributed by atoms with van der Waals surface area (Å²) >= 11 is 0.779. The van der Waals surface area contributed by atoms with E-state index in [0.29, 0.717) is 22.6 Å². The fraction of sp³-hybridized carbons (Fsp3) is 0.0455. The maximum atomic E-state index is 12.7. The minimum Gasteiger partial charge on any atom is -0.478 e. The molecule has 1 N–H and O–H groups in total. The molecule has 0 atom stereocenters. The molecule has 0 saturated carbocycles. The van der Waals surface area contributed by atoms with Gasteiger partial charge in [0.2, 0.25) is 0 Å². The van der Waals surface area contributed by atoms with E-state index in [1.165, 1.54) is 42.5 Å². The van der Waals surface area contributed by atoms with Gasteiger partial charge in [-0.1, -0.05) is 24.3 Å². The zero-order valence-corrected chi connectivity index (χ0v) is 17.1. The SMILES string of the molecule is O=C(O)c1ccc(-c2ccc(/C=C3\SC(=O)N(Cc4ccc([N+](=O)[O-])cc4)C3=O)o2)cc1. The van der Waals surface area contributed by atoms with Gasteiger partial charge in [-0.25, -0.2) is 4.79 Å². The first-order valence-corrected chi connectivity index (χ1v) is 10.1. The standard InChI is InChI=1S/C22H14N2O7S/c25-20-19(32-22(28)23(20)12-13-1-7-16(8-2-13)24(29)30)11-17-9-10-18(31-17)14-3-5-15(6-4-14)21(26)27/h1-11H,12H2,(H,26,27)/b19-11-. The summed E-state index contributed by atoms with van der Waals surface area (Å²) in [5.74, 6) is -0.662. The third-order valence-electron chi connectivity index (χ3n) is 4.68. The number of amides is 2. The van der Waals surface area contributed by atoms with Crippen molar-refractivity contribution in [3.63, 3.8) is 0 Å². The maximum absolute atomic E-state index is 12.7. The van der Waals surface area contributed by atoms with Gasteiger partial charge in [-0.3, -0.25) is 24.6 Å². The van der Waals surface area contributed by atoms with Crippen molar-refractivity contribution in [2.24, 2.45) is 0 Å². The van der Waals surface area contributed by atoms with Gasteiger partial charge in [0.1, 0.15) is 11.5 Å². The summed E-state index contributed by atoms with van der Waals surface area (Å²) in [6, 6.07) is 15.1. The summed E-state index contributed by atoms with van der Waals surface area (Å²) in [5.41, 5.74) is 1.33. The molecule has 0 aliphatic carbocycles. The second-order valence-electron chi connectivity index (χ2n) is 6.78. The highest BCUT2D eigenvalue weighted by Crippen LogP contribution is 2.34. The molecular formula is C22H14N2O7S. The number of benzene rings is 2. The Hall–Kier alpha value is -4.18. The topological polar surface area (TPSA) is 131 Å². The van der Waals surface area contributed by atoms with E-state index in [1.807, 2.05) is 0 Å². The van der Waals surface area contributed by atoms with Crippen LogP contribution in [0.5, 0.6) is 0 Å². The van der Waals surface area contributed by atoms with Crippen LogP contribution in [-0.2, 0) is 11.3 Å². The first-order chi connectivity index (χ1) is 15.3. The largest absolute Gasteiger partial charge is 0.478 e. The highest BCUT2D eigenvalue weighted by molar-refractivity contribution is 8.18. The van der Waals surface area contributed by atoms with Crippen molar-refractivity contribution in [3.05, 3.63) is 92.6 Å². The maximum Gasteiger partial charge on any atom is 0.335 e. The number of aromatic carboxylic acids is 1. The molecule has 1 aliphatic rings. The number of hydrogen-bond acceptors (Lipinski definition) is 7. The molecule has 0 radical (unpaired) electrons. The number of furan rings is 1. The minimum atomic E-state index is -1.03. The monoisotopic (exact) mass is 450 g/mol. The molecule has 9 nitrogen and oxygen atoms in total. The summed E-state index contributed by atoms with van der Waals surface area (Å²) in [6.45, 7) is -0.000663. The lowest BCUT2D eigenvalue weighted by atomic mass is 10.1. The second kappa shape index (κ2) is 8.52. The average molecular weight is 450 g/mol. The van der Waals surface area contributed by atoms with Crippen LogP contribution in [0.25, 0.3) is 17.4 Å². The first-order valence-electron chi connectivity index (χ1n) is 9.24. The van der Waals surface area contributed by atoms with Crippen LogP contribution in [0.15, 0.2) is 70.0 Å². The van der Waals surface area contributed by atoms with E-state index >= 15 is 0 Å². The van der Waals surface area contributed by atoms with Crippen LogP contribution in [-0.4, -0.2) is 32.0 Å². The lowest BCUT2D eigenvalue weighted by molar-refractivity contribution is -0.384. The highest BCUT2D eigenvalue weighted by Gasteiger charge is 2.35. The van der Waals surface area contributed by atoms with Crippen molar-refractivity contribution in [2.45, 2.75) is 6.54 Å². The fourth-order valence-electron chi connectivity index (χ4n) is 3.03. The Labute approximate surface area is 185 Å². The molecule has 1 aromatic heterocycles. The zero-order valence-electron chi connectivity index (χ0n) is 16.3. The van der Waals surface area contributed by atoms with Gasteiger partial charge in [0, 0.05) is 23.8 Å². The van der Waals surface area contributed by atoms with Gasteiger partial charge in [-0.15, -0.1) is 0 Å². The van der Waals surface area contributed by atoms with E-state index in [9.17, 15) is 24.5 Å². The molecule has 2 aromatic carbocycles. The number of nitro benzene ring substituents is 1. The van der Waals surface area contributed by atoms with Gasteiger partial charge < -0.3 is 9.52 Å². The Morgan fingerprint density at radius 3 is 2.38 bits per heavy atom. The van der Waals surface area contributed by atoms with E-state index in [1.54, 1.807) is 24.3 Å². The third-order valence-corrected chi connectivity index (χ3v) is 5.59. The van der Waals surface area contributed by atoms with Crippen LogP contribution in [0.1, 0.15) is 21.7 Å². The molecule has 4 rings (SSSR count). The number of carboxylic acids is 1. The van der Waals surface area contributed by atoms with E-state index in [0.717, 1.165) is 16.7 Å². The molecule has 0 unspecified atom stereocenters. The summed E-state index contributed by atoms with van der Waals surface area (Å²) in [5, 5.41) is 19.3. The Morgan fingerprint density at radius 2 is 1.75 bits per heavy atom. The number of nitro groups is 1.